The summed E-state index contributed by atoms with van der Waals surface area (Å²) in [7, 11) is 0. The highest BCUT2D eigenvalue weighted by Gasteiger charge is 2.42. The first-order chi connectivity index (χ1) is 38.1. The molecule has 15 rings (SSSR count). The SMILES string of the molecule is [C-]#[N+]c1ccc(-c2cc3c4c(c2)-n2c5ccc(-c6nc(-c7ccccc7)nc(-c7ccccc7)n6)cc5c5cc(-c6nc(-c7ccccc7)nc(-c7ccccc7)n6)cc(c52)B4c2cc(-c4ccccc4)ccc2O3)cc1. The third-order valence-corrected chi connectivity index (χ3v) is 14.7. The van der Waals surface area contributed by atoms with Crippen molar-refractivity contribution in [2.75, 3.05) is 0 Å². The van der Waals surface area contributed by atoms with Crippen LogP contribution in [0.3, 0.4) is 0 Å². The Labute approximate surface area is 443 Å². The van der Waals surface area contributed by atoms with Crippen molar-refractivity contribution in [1.82, 2.24) is 34.5 Å². The fourth-order valence-electron chi connectivity index (χ4n) is 11.1. The first-order valence-corrected chi connectivity index (χ1v) is 25.5. The van der Waals surface area contributed by atoms with Gasteiger partial charge in [0, 0.05) is 55.4 Å². The van der Waals surface area contributed by atoms with Crippen LogP contribution in [-0.4, -0.2) is 41.2 Å². The van der Waals surface area contributed by atoms with Crippen molar-refractivity contribution < 1.29 is 4.74 Å². The Morgan fingerprint density at radius 3 is 1.32 bits per heavy atom. The van der Waals surface area contributed by atoms with E-state index in [-0.39, 0.29) is 6.71 Å². The van der Waals surface area contributed by atoms with E-state index in [4.69, 9.17) is 41.2 Å². The third-order valence-electron chi connectivity index (χ3n) is 14.7. The normalized spacial score (nSPS) is 12.0. The van der Waals surface area contributed by atoms with Gasteiger partial charge in [0.2, 0.25) is 0 Å². The molecule has 3 aromatic heterocycles. The lowest BCUT2D eigenvalue weighted by Crippen LogP contribution is -2.58. The van der Waals surface area contributed by atoms with E-state index >= 15 is 0 Å². The van der Waals surface area contributed by atoms with Crippen LogP contribution < -0.4 is 21.1 Å². The number of hydrogen-bond donors (Lipinski definition) is 0. The number of rotatable bonds is 8. The van der Waals surface area contributed by atoms with Gasteiger partial charge in [-0.1, -0.05) is 194 Å². The number of hydrogen-bond acceptors (Lipinski definition) is 7. The summed E-state index contributed by atoms with van der Waals surface area (Å²) in [5, 5.41) is 2.02. The van der Waals surface area contributed by atoms with Crippen LogP contribution in [0.4, 0.5) is 5.69 Å². The van der Waals surface area contributed by atoms with Crippen LogP contribution in [0, 0.1) is 6.57 Å². The summed E-state index contributed by atoms with van der Waals surface area (Å²) in [6.07, 6.45) is 0. The van der Waals surface area contributed by atoms with Crippen molar-refractivity contribution >= 4 is 50.6 Å². The van der Waals surface area contributed by atoms with Crippen LogP contribution in [0.1, 0.15) is 0 Å². The van der Waals surface area contributed by atoms with Crippen molar-refractivity contribution in [2.24, 2.45) is 0 Å². The molecule has 0 saturated heterocycles. The van der Waals surface area contributed by atoms with Crippen LogP contribution in [0.15, 0.2) is 237 Å². The molecule has 0 unspecified atom stereocenters. The summed E-state index contributed by atoms with van der Waals surface area (Å²) >= 11 is 0. The van der Waals surface area contributed by atoms with Gasteiger partial charge < -0.3 is 9.30 Å². The van der Waals surface area contributed by atoms with E-state index < -0.39 is 0 Å². The van der Waals surface area contributed by atoms with Gasteiger partial charge in [0.15, 0.2) is 40.6 Å². The van der Waals surface area contributed by atoms with Crippen LogP contribution >= 0.6 is 0 Å². The van der Waals surface area contributed by atoms with E-state index in [1.165, 1.54) is 0 Å². The molecule has 0 bridgehead atoms. The Morgan fingerprint density at radius 1 is 0.351 bits per heavy atom. The number of fused-ring (bicyclic) bond motifs is 7. The maximum Gasteiger partial charge on any atom is 0.256 e. The Hall–Kier alpha value is -10.6. The zero-order chi connectivity index (χ0) is 51.0. The summed E-state index contributed by atoms with van der Waals surface area (Å²) in [4.78, 5) is 34.8. The van der Waals surface area contributed by atoms with Crippen LogP contribution in [0.2, 0.25) is 0 Å². The molecule has 0 spiro atoms. The first-order valence-electron chi connectivity index (χ1n) is 25.5. The molecular formula is C67H39BN8O. The lowest BCUT2D eigenvalue weighted by molar-refractivity contribution is 0.487. The van der Waals surface area contributed by atoms with Crippen molar-refractivity contribution in [3.8, 4) is 108 Å². The number of ether oxygens (including phenoxy) is 1. The second kappa shape index (κ2) is 17.8. The largest absolute Gasteiger partial charge is 0.458 e. The van der Waals surface area contributed by atoms with Gasteiger partial charge >= 0.3 is 0 Å². The second-order valence-electron chi connectivity index (χ2n) is 19.3. The fourth-order valence-corrected chi connectivity index (χ4v) is 11.1. The molecule has 10 aromatic carbocycles. The highest BCUT2D eigenvalue weighted by molar-refractivity contribution is 6.99. The van der Waals surface area contributed by atoms with Gasteiger partial charge in [-0.05, 0) is 81.1 Å². The number of nitrogens with zero attached hydrogens (tertiary/aromatic N) is 8. The van der Waals surface area contributed by atoms with Crippen molar-refractivity contribution in [2.45, 2.75) is 0 Å². The lowest BCUT2D eigenvalue weighted by atomic mass is 9.34. The average Bonchev–Trinajstić information content (AvgIpc) is 4.11. The van der Waals surface area contributed by atoms with E-state index in [2.05, 4.69) is 94.3 Å². The van der Waals surface area contributed by atoms with Crippen molar-refractivity contribution in [1.29, 1.82) is 0 Å². The molecule has 10 heteroatoms. The summed E-state index contributed by atoms with van der Waals surface area (Å²) < 4.78 is 9.53. The van der Waals surface area contributed by atoms with Gasteiger partial charge in [-0.15, -0.1) is 0 Å². The minimum Gasteiger partial charge on any atom is -0.458 e. The van der Waals surface area contributed by atoms with Crippen LogP contribution in [0.25, 0.3) is 123 Å². The van der Waals surface area contributed by atoms with E-state index in [0.717, 1.165) is 111 Å². The van der Waals surface area contributed by atoms with Crippen LogP contribution in [-0.2, 0) is 0 Å². The molecule has 9 nitrogen and oxygen atoms in total. The summed E-state index contributed by atoms with van der Waals surface area (Å²) in [6, 6.07) is 80.7. The molecule has 13 aromatic rings. The third kappa shape index (κ3) is 7.48. The lowest BCUT2D eigenvalue weighted by Gasteiger charge is -2.34. The predicted octanol–water partition coefficient (Wildman–Crippen LogP) is 14.0. The molecule has 0 radical (unpaired) electrons. The highest BCUT2D eigenvalue weighted by atomic mass is 16.5. The molecule has 0 aliphatic carbocycles. The van der Waals surface area contributed by atoms with Crippen molar-refractivity contribution in [3.05, 3.63) is 248 Å². The van der Waals surface area contributed by atoms with Gasteiger partial charge in [0.05, 0.1) is 12.1 Å². The van der Waals surface area contributed by atoms with E-state index in [1.807, 2.05) is 152 Å². The quantitative estimate of drug-likeness (QED) is 0.111. The van der Waals surface area contributed by atoms with Gasteiger partial charge in [-0.3, -0.25) is 0 Å². The highest BCUT2D eigenvalue weighted by Crippen LogP contribution is 2.43. The number of benzene rings is 10. The zero-order valence-electron chi connectivity index (χ0n) is 41.1. The molecule has 0 fully saturated rings. The Balaban J connectivity index is 1.04. The molecule has 0 amide bonds. The Bertz CT molecular complexity index is 4410. The monoisotopic (exact) mass is 982 g/mol. The molecule has 5 heterocycles. The standard InChI is InChI=1S/C67H39BN8O/c1-69-51-31-27-42(28-32-51)49-39-57-60-59(40-49)77-58-34-30-47(41-17-7-2-8-18-41)37-54(58)68(60)55-38-50(67-74-64(45-23-13-5-14-24-45)71-65(75-67)46-25-15-6-16-26-46)36-53-52-35-48(29-33-56(52)76(57)61(53)55)66-72-62(43-19-9-3-10-20-43)70-63(73-66)44-21-11-4-12-22-44/h2-40H. The predicted molar refractivity (Wildman–Crippen MR) is 308 cm³/mol. The molecule has 0 N–H and O–H groups in total. The maximum atomic E-state index is 7.69. The van der Waals surface area contributed by atoms with E-state index in [9.17, 15) is 0 Å². The zero-order valence-corrected chi connectivity index (χ0v) is 41.1. The second-order valence-corrected chi connectivity index (χ2v) is 19.3. The van der Waals surface area contributed by atoms with E-state index in [1.54, 1.807) is 0 Å². The van der Waals surface area contributed by atoms with Gasteiger partial charge in [0.25, 0.3) is 6.71 Å². The van der Waals surface area contributed by atoms with E-state index in [0.29, 0.717) is 40.6 Å². The van der Waals surface area contributed by atoms with Gasteiger partial charge in [0.1, 0.15) is 11.5 Å². The number of aromatic nitrogens is 7. The van der Waals surface area contributed by atoms with Crippen molar-refractivity contribution in [3.63, 3.8) is 0 Å². The average molecular weight is 983 g/mol. The Morgan fingerprint density at radius 2 is 0.792 bits per heavy atom. The minimum atomic E-state index is -0.265. The molecular weight excluding hydrogens is 944 g/mol. The summed E-state index contributed by atoms with van der Waals surface area (Å²) in [6.45, 7) is 7.42. The first kappa shape index (κ1) is 43.9. The topological polar surface area (TPSA) is 95.9 Å². The maximum absolute atomic E-state index is 7.69. The molecule has 0 atom stereocenters. The summed E-state index contributed by atoms with van der Waals surface area (Å²) in [5.74, 6) is 5.01. The Kier molecular flexibility index (Phi) is 10.2. The summed E-state index contributed by atoms with van der Waals surface area (Å²) in [5.41, 5.74) is 16.3. The van der Waals surface area contributed by atoms with Crippen LogP contribution in [0.5, 0.6) is 11.5 Å². The molecule has 0 saturated carbocycles. The molecule has 2 aliphatic heterocycles. The minimum absolute atomic E-state index is 0.265. The molecule has 356 valence electrons. The fraction of sp³-hybridized carbons (Fsp3) is 0. The van der Waals surface area contributed by atoms with Gasteiger partial charge in [-0.2, -0.15) is 0 Å². The molecule has 77 heavy (non-hydrogen) atoms. The molecule has 2 aliphatic rings. The smallest absolute Gasteiger partial charge is 0.256 e. The van der Waals surface area contributed by atoms with Gasteiger partial charge in [-0.25, -0.2) is 34.7 Å².